The fourth-order valence-corrected chi connectivity index (χ4v) is 5.17. The molecule has 0 radical (unpaired) electrons. The van der Waals surface area contributed by atoms with Gasteiger partial charge in [-0.05, 0) is 82.5 Å². The Bertz CT molecular complexity index is 2010. The first-order valence-electron chi connectivity index (χ1n) is 14.9. The van der Waals surface area contributed by atoms with Gasteiger partial charge in [0.25, 0.3) is 11.5 Å². The van der Waals surface area contributed by atoms with E-state index in [2.05, 4.69) is 16.2 Å². The van der Waals surface area contributed by atoms with E-state index in [0.717, 1.165) is 24.0 Å². The Morgan fingerprint density at radius 3 is 2.41 bits per heavy atom. The summed E-state index contributed by atoms with van der Waals surface area (Å²) in [7, 11) is -3.86. The summed E-state index contributed by atoms with van der Waals surface area (Å²) in [6.45, 7) is 8.35. The second-order valence-corrected chi connectivity index (χ2v) is 14.2. The number of ether oxygens (including phenoxy) is 1. The molecule has 0 unspecified atom stereocenters. The number of benzene rings is 2. The fraction of sp³-hybridized carbons (Fsp3) is 0.394. The number of esters is 1. The van der Waals surface area contributed by atoms with Crippen molar-refractivity contribution >= 4 is 50.4 Å². The number of hydrogen-bond donors (Lipinski definition) is 3. The number of carboxylic acid groups (broad SMARTS) is 1. The number of fused-ring (bicyclic) bond motifs is 1. The lowest BCUT2D eigenvalue weighted by molar-refractivity contribution is -0.157. The zero-order valence-corrected chi connectivity index (χ0v) is 28.7. The summed E-state index contributed by atoms with van der Waals surface area (Å²) in [5, 5.41) is 11.9. The summed E-state index contributed by atoms with van der Waals surface area (Å²) < 4.78 is 46.0. The van der Waals surface area contributed by atoms with Gasteiger partial charge in [-0.1, -0.05) is 5.92 Å². The normalized spacial score (nSPS) is 12.1. The lowest BCUT2D eigenvalue weighted by atomic mass is 9.98. The summed E-state index contributed by atoms with van der Waals surface area (Å²) in [5.41, 5.74) is 0.472. The minimum Gasteiger partial charge on any atom is -0.480 e. The molecule has 49 heavy (non-hydrogen) atoms. The Labute approximate surface area is 282 Å². The smallest absolute Gasteiger partial charge is 0.326 e. The predicted molar refractivity (Wildman–Crippen MR) is 178 cm³/mol. The van der Waals surface area contributed by atoms with Crippen LogP contribution in [-0.2, 0) is 42.4 Å². The number of amides is 2. The van der Waals surface area contributed by atoms with Crippen molar-refractivity contribution in [1.82, 2.24) is 19.6 Å². The number of aromatic nitrogens is 2. The number of sulfonamides is 1. The molecular formula is C33H38FN5O9S. The van der Waals surface area contributed by atoms with Gasteiger partial charge in [-0.3, -0.25) is 28.5 Å². The van der Waals surface area contributed by atoms with Crippen molar-refractivity contribution in [1.29, 1.82) is 0 Å². The lowest BCUT2D eigenvalue weighted by Gasteiger charge is -2.24. The predicted octanol–water partition coefficient (Wildman–Crippen LogP) is 2.38. The molecule has 1 aromatic heterocycles. The molecule has 3 rings (SSSR count). The van der Waals surface area contributed by atoms with E-state index in [0.29, 0.717) is 16.9 Å². The first kappa shape index (κ1) is 38.2. The minimum atomic E-state index is -3.86. The van der Waals surface area contributed by atoms with Gasteiger partial charge in [-0.15, -0.1) is 6.42 Å². The third kappa shape index (κ3) is 10.1. The van der Waals surface area contributed by atoms with E-state index in [9.17, 15) is 37.5 Å². The van der Waals surface area contributed by atoms with E-state index in [-0.39, 0.29) is 30.9 Å². The molecular weight excluding hydrogens is 661 g/mol. The first-order valence-corrected chi connectivity index (χ1v) is 16.8. The fourth-order valence-electron chi connectivity index (χ4n) is 4.66. The van der Waals surface area contributed by atoms with Crippen LogP contribution in [0.5, 0.6) is 0 Å². The third-order valence-electron chi connectivity index (χ3n) is 7.31. The van der Waals surface area contributed by atoms with Crippen LogP contribution in [0.4, 0.5) is 10.1 Å². The van der Waals surface area contributed by atoms with Crippen molar-refractivity contribution in [3.63, 3.8) is 0 Å². The van der Waals surface area contributed by atoms with E-state index >= 15 is 4.39 Å². The molecule has 3 aromatic rings. The number of carbonyl (C=O) groups is 4. The number of nitrogens with one attached hydrogen (secondary N) is 2. The van der Waals surface area contributed by atoms with E-state index in [1.165, 1.54) is 10.6 Å². The molecule has 0 aliphatic rings. The molecule has 0 saturated carbocycles. The molecule has 14 nitrogen and oxygen atoms in total. The van der Waals surface area contributed by atoms with Gasteiger partial charge in [0.1, 0.15) is 17.7 Å². The number of carboxylic acids is 1. The minimum absolute atomic E-state index is 0.0121. The Balaban J connectivity index is 1.86. The van der Waals surface area contributed by atoms with Gasteiger partial charge in [0, 0.05) is 18.7 Å². The summed E-state index contributed by atoms with van der Waals surface area (Å²) in [6, 6.07) is 5.39. The molecule has 2 aromatic carbocycles. The van der Waals surface area contributed by atoms with Crippen LogP contribution in [-0.4, -0.2) is 65.7 Å². The van der Waals surface area contributed by atoms with E-state index in [1.807, 2.05) is 6.92 Å². The number of hydrogen-bond acceptors (Lipinski definition) is 10. The quantitative estimate of drug-likeness (QED) is 0.175. The van der Waals surface area contributed by atoms with Crippen LogP contribution in [0, 0.1) is 37.4 Å². The van der Waals surface area contributed by atoms with Gasteiger partial charge in [0.2, 0.25) is 15.9 Å². The SMILES string of the molecule is C#CCN(Cc1cc2c(=O)n(COC(=O)C(C)(C)C)c(C)nc2cc1C)c1ccc(C(=O)N[C@H](CCC(=O)NS(C)(=O)=O)C(=O)O)c(F)c1. The molecule has 1 atom stereocenters. The van der Waals surface area contributed by atoms with Gasteiger partial charge in [0.15, 0.2) is 6.73 Å². The van der Waals surface area contributed by atoms with Gasteiger partial charge in [0.05, 0.1) is 34.7 Å². The topological polar surface area (TPSA) is 194 Å². The monoisotopic (exact) mass is 699 g/mol. The van der Waals surface area contributed by atoms with Crippen LogP contribution in [0.25, 0.3) is 10.9 Å². The summed E-state index contributed by atoms with van der Waals surface area (Å²) in [6.07, 6.45) is 5.38. The standard InChI is InChI=1S/C33H38FN5O9S/c1-8-13-38(17-21-15-24-27(14-19(21)2)35-20(3)39(30(24)42)18-48-32(45)33(4,5)6)22-9-10-23(25(34)16-22)29(41)36-26(31(43)44)11-12-28(40)37-49(7,46)47/h1,9-10,14-16,26H,11-13,17-18H2,2-7H3,(H,36,41)(H,37,40)(H,43,44)/t26-/m1/s1. The number of terminal acetylenes is 1. The second-order valence-electron chi connectivity index (χ2n) is 12.4. The average molecular weight is 700 g/mol. The molecule has 3 N–H and O–H groups in total. The van der Waals surface area contributed by atoms with Crippen LogP contribution in [0.3, 0.4) is 0 Å². The zero-order valence-electron chi connectivity index (χ0n) is 27.9. The summed E-state index contributed by atoms with van der Waals surface area (Å²) in [5.74, 6) is -2.15. The van der Waals surface area contributed by atoms with Crippen LogP contribution in [0.2, 0.25) is 0 Å². The summed E-state index contributed by atoms with van der Waals surface area (Å²) >= 11 is 0. The van der Waals surface area contributed by atoms with Crippen molar-refractivity contribution < 1.29 is 41.8 Å². The van der Waals surface area contributed by atoms with Crippen LogP contribution >= 0.6 is 0 Å². The Morgan fingerprint density at radius 2 is 1.84 bits per heavy atom. The maximum absolute atomic E-state index is 15.3. The number of aryl methyl sites for hydroxylation is 2. The number of halogens is 1. The number of carbonyl (C=O) groups excluding carboxylic acids is 3. The van der Waals surface area contributed by atoms with Gasteiger partial charge >= 0.3 is 11.9 Å². The lowest BCUT2D eigenvalue weighted by Crippen LogP contribution is -2.42. The molecule has 16 heteroatoms. The van der Waals surface area contributed by atoms with Crippen molar-refractivity contribution in [3.05, 3.63) is 69.0 Å². The number of nitrogens with zero attached hydrogens (tertiary/aromatic N) is 3. The molecule has 1 heterocycles. The van der Waals surface area contributed by atoms with Crippen LogP contribution in [0.1, 0.15) is 60.9 Å². The molecule has 2 amide bonds. The highest BCUT2D eigenvalue weighted by Crippen LogP contribution is 2.24. The molecule has 0 spiro atoms. The third-order valence-corrected chi connectivity index (χ3v) is 7.91. The van der Waals surface area contributed by atoms with Crippen molar-refractivity contribution in [2.45, 2.75) is 66.8 Å². The van der Waals surface area contributed by atoms with Crippen molar-refractivity contribution in [2.75, 3.05) is 17.7 Å². The highest BCUT2D eigenvalue weighted by molar-refractivity contribution is 7.89. The summed E-state index contributed by atoms with van der Waals surface area (Å²) in [4.78, 5) is 68.2. The zero-order chi connectivity index (χ0) is 36.8. The Morgan fingerprint density at radius 1 is 1.16 bits per heavy atom. The first-order chi connectivity index (χ1) is 22.7. The number of anilines is 1. The van der Waals surface area contributed by atoms with E-state index < -0.39 is 75.0 Å². The number of aliphatic carboxylic acids is 1. The molecule has 0 aliphatic heterocycles. The van der Waals surface area contributed by atoms with Crippen molar-refractivity contribution in [2.24, 2.45) is 5.41 Å². The van der Waals surface area contributed by atoms with Gasteiger partial charge < -0.3 is 20.1 Å². The molecule has 0 bridgehead atoms. The van der Waals surface area contributed by atoms with E-state index in [4.69, 9.17) is 11.2 Å². The van der Waals surface area contributed by atoms with Crippen LogP contribution < -0.4 is 20.5 Å². The van der Waals surface area contributed by atoms with Gasteiger partial charge in [-0.25, -0.2) is 22.6 Å². The number of rotatable bonds is 13. The maximum Gasteiger partial charge on any atom is 0.326 e. The highest BCUT2D eigenvalue weighted by Gasteiger charge is 2.25. The highest BCUT2D eigenvalue weighted by atomic mass is 32.2. The molecule has 0 saturated heterocycles. The molecule has 0 aliphatic carbocycles. The molecule has 262 valence electrons. The average Bonchev–Trinajstić information content (AvgIpc) is 2.97. The van der Waals surface area contributed by atoms with Crippen molar-refractivity contribution in [3.8, 4) is 12.3 Å². The molecule has 0 fully saturated rings. The Hall–Kier alpha value is -5.30. The van der Waals surface area contributed by atoms with Gasteiger partial charge in [-0.2, -0.15) is 0 Å². The van der Waals surface area contributed by atoms with E-state index in [1.54, 1.807) is 49.4 Å². The second kappa shape index (κ2) is 15.3. The maximum atomic E-state index is 15.3. The largest absolute Gasteiger partial charge is 0.480 e. The van der Waals surface area contributed by atoms with Crippen LogP contribution in [0.15, 0.2) is 35.1 Å². The Kier molecular flexibility index (Phi) is 11.9.